The zero-order valence-corrected chi connectivity index (χ0v) is 13.4. The molecule has 0 aliphatic rings. The molecule has 1 aromatic rings. The first-order chi connectivity index (χ1) is 9.52. The fourth-order valence-corrected chi connectivity index (χ4v) is 2.66. The van der Waals surface area contributed by atoms with E-state index < -0.39 is 0 Å². The van der Waals surface area contributed by atoms with Crippen molar-refractivity contribution in [2.24, 2.45) is 0 Å². The number of unbranched alkanes of at least 4 members (excludes halogenated alkanes) is 3. The second-order valence-corrected chi connectivity index (χ2v) is 5.94. The van der Waals surface area contributed by atoms with Crippen LogP contribution in [0.25, 0.3) is 0 Å². The fourth-order valence-electron chi connectivity index (χ4n) is 2.66. The largest absolute Gasteiger partial charge is 0.349 e. The molecule has 0 aromatic carbocycles. The molecule has 0 radical (unpaired) electrons. The van der Waals surface area contributed by atoms with Gasteiger partial charge in [-0.15, -0.1) is 0 Å². The molecule has 0 fully saturated rings. The van der Waals surface area contributed by atoms with Crippen molar-refractivity contribution in [2.75, 3.05) is 0 Å². The number of rotatable bonds is 9. The van der Waals surface area contributed by atoms with Gasteiger partial charge in [0.2, 0.25) is 5.91 Å². The Morgan fingerprint density at radius 3 is 2.35 bits per heavy atom. The van der Waals surface area contributed by atoms with Gasteiger partial charge in [0.05, 0.1) is 0 Å². The number of hydrogen-bond acceptors (Lipinski definition) is 2. The van der Waals surface area contributed by atoms with E-state index in [9.17, 15) is 4.79 Å². The number of nitrogens with one attached hydrogen (secondary N) is 1. The van der Waals surface area contributed by atoms with Crippen LogP contribution in [0.3, 0.4) is 0 Å². The molecule has 1 heterocycles. The normalized spacial score (nSPS) is 11.3. The number of H-pyrrole nitrogens is 1. The van der Waals surface area contributed by atoms with Crippen molar-refractivity contribution in [1.82, 2.24) is 14.9 Å². The fraction of sp³-hybridized carbons (Fsp3) is 0.750. The molecule has 4 heteroatoms. The van der Waals surface area contributed by atoms with Crippen LogP contribution in [0.1, 0.15) is 65.6 Å². The Hall–Kier alpha value is -1.32. The Morgan fingerprint density at radius 1 is 1.15 bits per heavy atom. The molecule has 114 valence electrons. The van der Waals surface area contributed by atoms with Gasteiger partial charge in [0.1, 0.15) is 5.82 Å². The van der Waals surface area contributed by atoms with E-state index in [2.05, 4.69) is 37.7 Å². The Balaban J connectivity index is 2.12. The predicted molar refractivity (Wildman–Crippen MR) is 82.5 cm³/mol. The average Bonchev–Trinajstić information content (AvgIpc) is 2.85. The first-order valence-corrected chi connectivity index (χ1v) is 7.81. The molecule has 0 bridgehead atoms. The number of carbonyl (C=O) groups is 1. The Bertz CT molecular complexity index is 363. The lowest BCUT2D eigenvalue weighted by atomic mass is 10.1. The van der Waals surface area contributed by atoms with Crippen LogP contribution in [0.15, 0.2) is 12.4 Å². The molecule has 0 saturated heterocycles. The average molecular weight is 279 g/mol. The van der Waals surface area contributed by atoms with Crippen molar-refractivity contribution in [1.29, 1.82) is 0 Å². The quantitative estimate of drug-likeness (QED) is 0.703. The first kappa shape index (κ1) is 16.7. The maximum atomic E-state index is 12.2. The summed E-state index contributed by atoms with van der Waals surface area (Å²) in [6.45, 7) is 8.34. The molecule has 1 aromatic heterocycles. The smallest absolute Gasteiger partial charge is 0.223 e. The molecule has 4 nitrogen and oxygen atoms in total. The first-order valence-electron chi connectivity index (χ1n) is 7.81. The number of aryl methyl sites for hydroxylation is 1. The summed E-state index contributed by atoms with van der Waals surface area (Å²) < 4.78 is 0. The Kier molecular flexibility index (Phi) is 7.34. The van der Waals surface area contributed by atoms with E-state index in [0.717, 1.165) is 37.9 Å². The van der Waals surface area contributed by atoms with E-state index >= 15 is 0 Å². The van der Waals surface area contributed by atoms with Crippen LogP contribution < -0.4 is 0 Å². The maximum Gasteiger partial charge on any atom is 0.223 e. The van der Waals surface area contributed by atoms with Crippen LogP contribution in [0, 0.1) is 0 Å². The van der Waals surface area contributed by atoms with Gasteiger partial charge in [0, 0.05) is 37.3 Å². The van der Waals surface area contributed by atoms with Crippen molar-refractivity contribution >= 4 is 5.91 Å². The summed E-state index contributed by atoms with van der Waals surface area (Å²) >= 11 is 0. The number of hydrogen-bond donors (Lipinski definition) is 1. The van der Waals surface area contributed by atoms with Gasteiger partial charge in [-0.3, -0.25) is 4.79 Å². The van der Waals surface area contributed by atoms with Crippen LogP contribution in [-0.2, 0) is 11.2 Å². The second-order valence-electron chi connectivity index (χ2n) is 5.94. The molecule has 0 atom stereocenters. The molecule has 1 amide bonds. The molecule has 0 saturated carbocycles. The molecular formula is C16H29N3O. The summed E-state index contributed by atoms with van der Waals surface area (Å²) in [5.41, 5.74) is 0. The highest BCUT2D eigenvalue weighted by Gasteiger charge is 2.18. The van der Waals surface area contributed by atoms with Crippen LogP contribution in [0.2, 0.25) is 0 Å². The molecule has 1 rings (SSSR count). The summed E-state index contributed by atoms with van der Waals surface area (Å²) in [6.07, 6.45) is 9.75. The summed E-state index contributed by atoms with van der Waals surface area (Å²) in [4.78, 5) is 21.5. The van der Waals surface area contributed by atoms with Crippen molar-refractivity contribution < 1.29 is 4.79 Å². The summed E-state index contributed by atoms with van der Waals surface area (Å²) in [5.74, 6) is 1.35. The summed E-state index contributed by atoms with van der Waals surface area (Å²) in [7, 11) is 0. The SMILES string of the molecule is CC(C)N(C(=O)CCCCCCc1ncc[nH]1)C(C)C. The van der Waals surface area contributed by atoms with Gasteiger partial charge in [-0.25, -0.2) is 4.98 Å². The Morgan fingerprint density at radius 2 is 1.80 bits per heavy atom. The maximum absolute atomic E-state index is 12.2. The van der Waals surface area contributed by atoms with Gasteiger partial charge < -0.3 is 9.88 Å². The summed E-state index contributed by atoms with van der Waals surface area (Å²) in [5, 5.41) is 0. The van der Waals surface area contributed by atoms with E-state index in [4.69, 9.17) is 0 Å². The van der Waals surface area contributed by atoms with Crippen LogP contribution in [0.5, 0.6) is 0 Å². The monoisotopic (exact) mass is 279 g/mol. The van der Waals surface area contributed by atoms with Crippen molar-refractivity contribution in [3.05, 3.63) is 18.2 Å². The van der Waals surface area contributed by atoms with Gasteiger partial charge in [0.25, 0.3) is 0 Å². The van der Waals surface area contributed by atoms with E-state index in [1.807, 2.05) is 11.1 Å². The van der Waals surface area contributed by atoms with E-state index in [1.54, 1.807) is 6.20 Å². The zero-order chi connectivity index (χ0) is 15.0. The number of aromatic nitrogens is 2. The van der Waals surface area contributed by atoms with E-state index in [0.29, 0.717) is 24.4 Å². The lowest BCUT2D eigenvalue weighted by Gasteiger charge is -2.30. The van der Waals surface area contributed by atoms with Crippen LogP contribution in [-0.4, -0.2) is 32.9 Å². The van der Waals surface area contributed by atoms with Crippen molar-refractivity contribution in [2.45, 2.75) is 78.3 Å². The van der Waals surface area contributed by atoms with E-state index in [1.165, 1.54) is 0 Å². The molecule has 0 spiro atoms. The third-order valence-corrected chi connectivity index (χ3v) is 3.51. The number of nitrogens with zero attached hydrogens (tertiary/aromatic N) is 2. The summed E-state index contributed by atoms with van der Waals surface area (Å²) in [6, 6.07) is 0.586. The number of carbonyl (C=O) groups excluding carboxylic acids is 1. The second kappa shape index (κ2) is 8.77. The molecule has 0 unspecified atom stereocenters. The van der Waals surface area contributed by atoms with Gasteiger partial charge in [0.15, 0.2) is 0 Å². The van der Waals surface area contributed by atoms with Gasteiger partial charge in [-0.05, 0) is 40.5 Å². The van der Waals surface area contributed by atoms with E-state index in [-0.39, 0.29) is 0 Å². The Labute approximate surface area is 123 Å². The molecule has 0 aliphatic carbocycles. The standard InChI is InChI=1S/C16H29N3O/c1-13(2)19(14(3)4)16(20)10-8-6-5-7-9-15-17-11-12-18-15/h11-14H,5-10H2,1-4H3,(H,17,18). The third-order valence-electron chi connectivity index (χ3n) is 3.51. The van der Waals surface area contributed by atoms with Crippen molar-refractivity contribution in [3.63, 3.8) is 0 Å². The number of imidazole rings is 1. The van der Waals surface area contributed by atoms with Crippen molar-refractivity contribution in [3.8, 4) is 0 Å². The zero-order valence-electron chi connectivity index (χ0n) is 13.4. The minimum absolute atomic E-state index is 0.293. The number of amides is 1. The van der Waals surface area contributed by atoms with Crippen LogP contribution in [0.4, 0.5) is 0 Å². The highest BCUT2D eigenvalue weighted by atomic mass is 16.2. The third kappa shape index (κ3) is 5.76. The molecule has 0 aliphatic heterocycles. The number of aromatic amines is 1. The van der Waals surface area contributed by atoms with Gasteiger partial charge >= 0.3 is 0 Å². The lowest BCUT2D eigenvalue weighted by Crippen LogP contribution is -2.41. The molecule has 20 heavy (non-hydrogen) atoms. The lowest BCUT2D eigenvalue weighted by molar-refractivity contribution is -0.134. The molecular weight excluding hydrogens is 250 g/mol. The predicted octanol–water partition coefficient (Wildman–Crippen LogP) is 3.55. The highest BCUT2D eigenvalue weighted by Crippen LogP contribution is 2.12. The van der Waals surface area contributed by atoms with Gasteiger partial charge in [-0.2, -0.15) is 0 Å². The van der Waals surface area contributed by atoms with Gasteiger partial charge in [-0.1, -0.05) is 12.8 Å². The molecule has 1 N–H and O–H groups in total. The minimum atomic E-state index is 0.293. The van der Waals surface area contributed by atoms with Crippen LogP contribution >= 0.6 is 0 Å². The topological polar surface area (TPSA) is 49.0 Å². The minimum Gasteiger partial charge on any atom is -0.349 e. The highest BCUT2D eigenvalue weighted by molar-refractivity contribution is 5.76.